The highest BCUT2D eigenvalue weighted by molar-refractivity contribution is 5.72. The maximum atomic E-state index is 10.2. The first-order valence-electron chi connectivity index (χ1n) is 3.85. The largest absolute Gasteiger partial charge is 0.480 e. The molecule has 0 aromatic heterocycles. The molecule has 0 aliphatic heterocycles. The first-order valence-corrected chi connectivity index (χ1v) is 3.85. The summed E-state index contributed by atoms with van der Waals surface area (Å²) in [5.41, 5.74) is 5.20. The summed E-state index contributed by atoms with van der Waals surface area (Å²) in [5.74, 6) is -1.03. The van der Waals surface area contributed by atoms with Crippen LogP contribution >= 0.6 is 0 Å². The maximum absolute atomic E-state index is 10.2. The fraction of sp³-hybridized carbons (Fsp3) is 0.857. The molecule has 0 rings (SSSR count). The number of carboxylic acid groups (broad SMARTS) is 1. The van der Waals surface area contributed by atoms with E-state index in [9.17, 15) is 4.79 Å². The van der Waals surface area contributed by atoms with E-state index < -0.39 is 18.1 Å². The van der Waals surface area contributed by atoms with Gasteiger partial charge in [0.2, 0.25) is 0 Å². The van der Waals surface area contributed by atoms with E-state index in [1.807, 2.05) is 0 Å². The molecule has 5 heteroatoms. The van der Waals surface area contributed by atoms with Gasteiger partial charge in [-0.05, 0) is 19.3 Å². The van der Waals surface area contributed by atoms with Gasteiger partial charge in [0.05, 0.1) is 12.7 Å². The molecule has 0 saturated carbocycles. The highest BCUT2D eigenvalue weighted by Gasteiger charge is 2.11. The molecular weight excluding hydrogens is 162 g/mol. The molecule has 0 spiro atoms. The Kier molecular flexibility index (Phi) is 5.61. The fourth-order valence-electron chi connectivity index (χ4n) is 0.788. The van der Waals surface area contributed by atoms with Gasteiger partial charge in [-0.25, -0.2) is 0 Å². The zero-order valence-electron chi connectivity index (χ0n) is 6.81. The van der Waals surface area contributed by atoms with Crippen LogP contribution in [0.4, 0.5) is 0 Å². The van der Waals surface area contributed by atoms with Gasteiger partial charge < -0.3 is 21.1 Å². The number of rotatable bonds is 6. The van der Waals surface area contributed by atoms with Gasteiger partial charge in [0.25, 0.3) is 0 Å². The Bertz CT molecular complexity index is 139. The lowest BCUT2D eigenvalue weighted by Gasteiger charge is -2.08. The van der Waals surface area contributed by atoms with Gasteiger partial charge in [-0.1, -0.05) is 0 Å². The molecule has 5 N–H and O–H groups in total. The fourth-order valence-corrected chi connectivity index (χ4v) is 0.788. The van der Waals surface area contributed by atoms with E-state index in [1.165, 1.54) is 0 Å². The Hall–Kier alpha value is -0.650. The Balaban J connectivity index is 3.37. The first-order chi connectivity index (χ1) is 5.57. The van der Waals surface area contributed by atoms with Crippen LogP contribution in [0.3, 0.4) is 0 Å². The van der Waals surface area contributed by atoms with E-state index in [0.29, 0.717) is 19.3 Å². The van der Waals surface area contributed by atoms with Crippen LogP contribution in [0.1, 0.15) is 19.3 Å². The number of hydrogen-bond acceptors (Lipinski definition) is 4. The Morgan fingerprint density at radius 3 is 2.42 bits per heavy atom. The average molecular weight is 177 g/mol. The predicted octanol–water partition coefficient (Wildman–Crippen LogP) is -1.08. The SMILES string of the molecule is NC(CCCC(O)CO)C(=O)O. The average Bonchev–Trinajstić information content (AvgIpc) is 2.03. The van der Waals surface area contributed by atoms with Gasteiger partial charge in [-0.2, -0.15) is 0 Å². The van der Waals surface area contributed by atoms with Crippen LogP contribution in [0.2, 0.25) is 0 Å². The second-order valence-electron chi connectivity index (χ2n) is 2.71. The van der Waals surface area contributed by atoms with E-state index in [1.54, 1.807) is 0 Å². The number of nitrogens with two attached hydrogens (primary N) is 1. The number of carboxylic acids is 1. The van der Waals surface area contributed by atoms with Gasteiger partial charge in [0, 0.05) is 0 Å². The van der Waals surface area contributed by atoms with Crippen molar-refractivity contribution < 1.29 is 20.1 Å². The van der Waals surface area contributed by atoms with E-state index in [-0.39, 0.29) is 6.61 Å². The van der Waals surface area contributed by atoms with Gasteiger partial charge in [0.15, 0.2) is 0 Å². The van der Waals surface area contributed by atoms with E-state index in [2.05, 4.69) is 0 Å². The summed E-state index contributed by atoms with van der Waals surface area (Å²) in [5, 5.41) is 25.7. The lowest BCUT2D eigenvalue weighted by atomic mass is 10.1. The standard InChI is InChI=1S/C7H15NO4/c8-6(7(11)12)3-1-2-5(10)4-9/h5-6,9-10H,1-4,8H2,(H,11,12). The van der Waals surface area contributed by atoms with Gasteiger partial charge >= 0.3 is 5.97 Å². The van der Waals surface area contributed by atoms with Crippen LogP contribution in [-0.4, -0.2) is 40.0 Å². The summed E-state index contributed by atoms with van der Waals surface area (Å²) in [7, 11) is 0. The smallest absolute Gasteiger partial charge is 0.320 e. The third-order valence-electron chi connectivity index (χ3n) is 1.58. The molecule has 12 heavy (non-hydrogen) atoms. The minimum absolute atomic E-state index is 0.289. The molecule has 0 aromatic carbocycles. The lowest BCUT2D eigenvalue weighted by molar-refractivity contribution is -0.138. The number of carbonyl (C=O) groups is 1. The molecule has 0 aliphatic rings. The number of aliphatic hydroxyl groups is 2. The van der Waals surface area contributed by atoms with Crippen LogP contribution < -0.4 is 5.73 Å². The van der Waals surface area contributed by atoms with Crippen molar-refractivity contribution in [1.29, 1.82) is 0 Å². The van der Waals surface area contributed by atoms with Crippen molar-refractivity contribution in [3.8, 4) is 0 Å². The molecule has 0 fully saturated rings. The zero-order chi connectivity index (χ0) is 9.56. The number of aliphatic carboxylic acids is 1. The van der Waals surface area contributed by atoms with Crippen molar-refractivity contribution in [2.24, 2.45) is 5.73 Å². The molecule has 0 amide bonds. The van der Waals surface area contributed by atoms with Crippen LogP contribution in [-0.2, 0) is 4.79 Å². The third kappa shape index (κ3) is 5.06. The topological polar surface area (TPSA) is 104 Å². The molecule has 5 nitrogen and oxygen atoms in total. The highest BCUT2D eigenvalue weighted by Crippen LogP contribution is 2.02. The highest BCUT2D eigenvalue weighted by atomic mass is 16.4. The first kappa shape index (κ1) is 11.4. The molecule has 2 atom stereocenters. The Morgan fingerprint density at radius 2 is 2.00 bits per heavy atom. The summed E-state index contributed by atoms with van der Waals surface area (Å²) >= 11 is 0. The Labute approximate surface area is 70.8 Å². The van der Waals surface area contributed by atoms with Gasteiger partial charge in [-0.15, -0.1) is 0 Å². The van der Waals surface area contributed by atoms with Crippen molar-refractivity contribution in [1.82, 2.24) is 0 Å². The second kappa shape index (κ2) is 5.93. The minimum Gasteiger partial charge on any atom is -0.480 e. The van der Waals surface area contributed by atoms with Crippen molar-refractivity contribution in [2.75, 3.05) is 6.61 Å². The molecule has 0 bridgehead atoms. The molecule has 0 saturated heterocycles. The molecule has 0 radical (unpaired) electrons. The molecule has 0 aromatic rings. The number of hydrogen-bond donors (Lipinski definition) is 4. The van der Waals surface area contributed by atoms with Crippen molar-refractivity contribution >= 4 is 5.97 Å². The monoisotopic (exact) mass is 177 g/mol. The van der Waals surface area contributed by atoms with E-state index >= 15 is 0 Å². The zero-order valence-corrected chi connectivity index (χ0v) is 6.81. The summed E-state index contributed by atoms with van der Waals surface area (Å²) < 4.78 is 0. The minimum atomic E-state index is -1.03. The van der Waals surface area contributed by atoms with Crippen molar-refractivity contribution in [3.63, 3.8) is 0 Å². The van der Waals surface area contributed by atoms with Gasteiger partial charge in [0.1, 0.15) is 6.04 Å². The number of aliphatic hydroxyl groups excluding tert-OH is 2. The lowest BCUT2D eigenvalue weighted by Crippen LogP contribution is -2.30. The molecule has 2 unspecified atom stereocenters. The van der Waals surface area contributed by atoms with Gasteiger partial charge in [-0.3, -0.25) is 4.79 Å². The molecule has 0 aliphatic carbocycles. The normalized spacial score (nSPS) is 15.6. The van der Waals surface area contributed by atoms with Crippen LogP contribution in [0.25, 0.3) is 0 Å². The Morgan fingerprint density at radius 1 is 1.42 bits per heavy atom. The van der Waals surface area contributed by atoms with Crippen molar-refractivity contribution in [2.45, 2.75) is 31.4 Å². The van der Waals surface area contributed by atoms with E-state index in [4.69, 9.17) is 21.1 Å². The summed E-state index contributed by atoms with van der Waals surface area (Å²) in [6, 6.07) is -0.865. The van der Waals surface area contributed by atoms with Crippen LogP contribution in [0.5, 0.6) is 0 Å². The molecule has 72 valence electrons. The predicted molar refractivity (Wildman–Crippen MR) is 42.6 cm³/mol. The molecular formula is C7H15NO4. The van der Waals surface area contributed by atoms with E-state index in [0.717, 1.165) is 0 Å². The third-order valence-corrected chi connectivity index (χ3v) is 1.58. The quantitative estimate of drug-likeness (QED) is 0.413. The second-order valence-corrected chi connectivity index (χ2v) is 2.71. The summed E-state index contributed by atoms with van der Waals surface area (Å²) in [4.78, 5) is 10.2. The van der Waals surface area contributed by atoms with Crippen LogP contribution in [0.15, 0.2) is 0 Å². The summed E-state index contributed by atoms with van der Waals surface area (Å²) in [6.07, 6.45) is 0.463. The molecule has 0 heterocycles. The summed E-state index contributed by atoms with van der Waals surface area (Å²) in [6.45, 7) is -0.289. The maximum Gasteiger partial charge on any atom is 0.320 e. The van der Waals surface area contributed by atoms with Crippen LogP contribution in [0, 0.1) is 0 Å². The van der Waals surface area contributed by atoms with Crippen molar-refractivity contribution in [3.05, 3.63) is 0 Å².